The molecule has 4 heterocycles. The third-order valence-corrected chi connectivity index (χ3v) is 9.14. The van der Waals surface area contributed by atoms with Crippen LogP contribution in [0.3, 0.4) is 0 Å². The number of thiophene rings is 1. The molecule has 1 saturated heterocycles. The molecule has 0 radical (unpaired) electrons. The summed E-state index contributed by atoms with van der Waals surface area (Å²) in [5.74, 6) is 0.0238. The van der Waals surface area contributed by atoms with Crippen molar-refractivity contribution in [1.82, 2.24) is 19.7 Å². The maximum absolute atomic E-state index is 13.9. The van der Waals surface area contributed by atoms with E-state index < -0.39 is 5.54 Å². The highest BCUT2D eigenvalue weighted by Gasteiger charge is 2.48. The highest BCUT2D eigenvalue weighted by atomic mass is 32.1. The Balaban J connectivity index is 1.36. The maximum atomic E-state index is 13.9. The predicted molar refractivity (Wildman–Crippen MR) is 138 cm³/mol. The van der Waals surface area contributed by atoms with E-state index in [1.165, 1.54) is 51.4 Å². The summed E-state index contributed by atoms with van der Waals surface area (Å²) >= 11 is 1.66. The van der Waals surface area contributed by atoms with Gasteiger partial charge in [0.15, 0.2) is 0 Å². The van der Waals surface area contributed by atoms with Crippen LogP contribution in [0.15, 0.2) is 17.5 Å². The van der Waals surface area contributed by atoms with Gasteiger partial charge in [0.25, 0.3) is 5.91 Å². The fraction of sp³-hybridized carbons (Fsp3) is 0.704. The van der Waals surface area contributed by atoms with Crippen molar-refractivity contribution in [3.05, 3.63) is 23.2 Å². The summed E-state index contributed by atoms with van der Waals surface area (Å²) in [6.45, 7) is 6.46. The van der Waals surface area contributed by atoms with Crippen LogP contribution < -0.4 is 5.32 Å². The minimum absolute atomic E-state index is 0.00334. The van der Waals surface area contributed by atoms with Gasteiger partial charge in [0, 0.05) is 12.6 Å². The fourth-order valence-corrected chi connectivity index (χ4v) is 7.02. The van der Waals surface area contributed by atoms with Gasteiger partial charge in [-0.25, -0.2) is 0 Å². The van der Waals surface area contributed by atoms with E-state index in [2.05, 4.69) is 26.2 Å². The molecule has 5 rings (SSSR count). The van der Waals surface area contributed by atoms with Gasteiger partial charge in [-0.3, -0.25) is 9.59 Å². The van der Waals surface area contributed by atoms with Gasteiger partial charge in [-0.2, -0.15) is 0 Å². The molecule has 2 aromatic heterocycles. The lowest BCUT2D eigenvalue weighted by molar-refractivity contribution is -0.133. The average Bonchev–Trinajstić information content (AvgIpc) is 3.41. The lowest BCUT2D eigenvalue weighted by Crippen LogP contribution is -2.65. The first-order valence-electron chi connectivity index (χ1n) is 13.5. The Morgan fingerprint density at radius 3 is 2.53 bits per heavy atom. The molecule has 2 fully saturated rings. The first kappa shape index (κ1) is 23.9. The van der Waals surface area contributed by atoms with Crippen LogP contribution in [0.25, 0.3) is 10.2 Å². The van der Waals surface area contributed by atoms with E-state index >= 15 is 0 Å². The third kappa shape index (κ3) is 4.78. The monoisotopic (exact) mass is 484 g/mol. The normalized spacial score (nSPS) is 25.2. The second kappa shape index (κ2) is 10.4. The van der Waals surface area contributed by atoms with Crippen molar-refractivity contribution >= 4 is 33.4 Å². The van der Waals surface area contributed by atoms with Crippen LogP contribution in [0.1, 0.15) is 88.0 Å². The predicted octanol–water partition coefficient (Wildman–Crippen LogP) is 5.02. The zero-order valence-electron chi connectivity index (χ0n) is 20.7. The number of nitrogens with zero attached hydrogens (tertiary/aromatic N) is 3. The van der Waals surface area contributed by atoms with Crippen LogP contribution in [0.5, 0.6) is 0 Å². The molecule has 0 bridgehead atoms. The SMILES string of the molecule is C[C@]1(C(=O)NC2CCCCCCC2)Cn2c(cc3sccc32)C(=O)N1CCCN1CCCCC1. The van der Waals surface area contributed by atoms with Gasteiger partial charge >= 0.3 is 0 Å². The number of piperidine rings is 1. The van der Waals surface area contributed by atoms with Crippen LogP contribution in [0.4, 0.5) is 0 Å². The van der Waals surface area contributed by atoms with Gasteiger partial charge in [-0.1, -0.05) is 38.5 Å². The number of hydrogen-bond acceptors (Lipinski definition) is 4. The number of hydrogen-bond donors (Lipinski definition) is 1. The van der Waals surface area contributed by atoms with E-state index in [0.29, 0.717) is 13.1 Å². The van der Waals surface area contributed by atoms with Crippen molar-refractivity contribution in [2.24, 2.45) is 0 Å². The fourth-order valence-electron chi connectivity index (χ4n) is 6.20. The Hall–Kier alpha value is -1.86. The third-order valence-electron chi connectivity index (χ3n) is 8.28. The summed E-state index contributed by atoms with van der Waals surface area (Å²) in [5, 5.41) is 5.47. The number of nitrogens with one attached hydrogen (secondary N) is 1. The second-order valence-corrected chi connectivity index (χ2v) is 11.7. The number of fused-ring (bicyclic) bond motifs is 3. The van der Waals surface area contributed by atoms with Crippen molar-refractivity contribution in [3.8, 4) is 0 Å². The van der Waals surface area contributed by atoms with Gasteiger partial charge in [-0.05, 0) is 76.2 Å². The maximum Gasteiger partial charge on any atom is 0.271 e. The quantitative estimate of drug-likeness (QED) is 0.626. The van der Waals surface area contributed by atoms with Crippen LogP contribution in [-0.2, 0) is 11.3 Å². The average molecular weight is 485 g/mol. The molecular formula is C27H40N4O2S. The summed E-state index contributed by atoms with van der Waals surface area (Å²) in [4.78, 5) is 32.1. The zero-order chi connectivity index (χ0) is 23.5. The van der Waals surface area contributed by atoms with Crippen molar-refractivity contribution in [2.45, 2.75) is 95.7 Å². The van der Waals surface area contributed by atoms with E-state index in [1.54, 1.807) is 11.3 Å². The molecule has 34 heavy (non-hydrogen) atoms. The standard InChI is InChI=1S/C27H40N4O2S/c1-27(26(33)28-21-11-6-3-2-4-7-12-21)20-30-22-13-18-34-24(22)19-23(30)25(32)31(27)17-10-16-29-14-8-5-9-15-29/h13,18-19,21H,2-12,14-17,20H2,1H3,(H,28,33)/t27-/m1/s1. The zero-order valence-corrected chi connectivity index (χ0v) is 21.5. The van der Waals surface area contributed by atoms with Crippen molar-refractivity contribution < 1.29 is 9.59 Å². The van der Waals surface area contributed by atoms with E-state index in [9.17, 15) is 9.59 Å². The lowest BCUT2D eigenvalue weighted by atomic mass is 9.92. The Labute approximate surface area is 207 Å². The van der Waals surface area contributed by atoms with Crippen LogP contribution >= 0.6 is 11.3 Å². The molecule has 2 aliphatic heterocycles. The largest absolute Gasteiger partial charge is 0.351 e. The molecule has 7 heteroatoms. The molecule has 3 aliphatic rings. The summed E-state index contributed by atoms with van der Waals surface area (Å²) in [7, 11) is 0. The van der Waals surface area contributed by atoms with Crippen LogP contribution in [-0.4, -0.2) is 63.9 Å². The number of amides is 2. The molecule has 0 aromatic carbocycles. The molecule has 186 valence electrons. The molecule has 2 aromatic rings. The van der Waals surface area contributed by atoms with E-state index in [-0.39, 0.29) is 17.9 Å². The Bertz CT molecular complexity index is 1000. The first-order chi connectivity index (χ1) is 16.6. The summed E-state index contributed by atoms with van der Waals surface area (Å²) in [5.41, 5.74) is 0.935. The second-order valence-electron chi connectivity index (χ2n) is 10.8. The Kier molecular flexibility index (Phi) is 7.30. The molecule has 6 nitrogen and oxygen atoms in total. The van der Waals surface area contributed by atoms with Gasteiger partial charge in [0.1, 0.15) is 11.2 Å². The number of rotatable bonds is 6. The van der Waals surface area contributed by atoms with Crippen molar-refractivity contribution in [1.29, 1.82) is 0 Å². The molecule has 0 unspecified atom stereocenters. The first-order valence-corrected chi connectivity index (χ1v) is 14.4. The Morgan fingerprint density at radius 1 is 1.06 bits per heavy atom. The van der Waals surface area contributed by atoms with Gasteiger partial charge in [0.2, 0.25) is 5.91 Å². The molecule has 1 N–H and O–H groups in total. The lowest BCUT2D eigenvalue weighted by Gasteiger charge is -2.45. The van der Waals surface area contributed by atoms with E-state index in [4.69, 9.17) is 0 Å². The van der Waals surface area contributed by atoms with Crippen molar-refractivity contribution in [2.75, 3.05) is 26.2 Å². The molecule has 1 saturated carbocycles. The van der Waals surface area contributed by atoms with Gasteiger partial charge < -0.3 is 19.7 Å². The number of carbonyl (C=O) groups excluding carboxylic acids is 2. The minimum atomic E-state index is -0.873. The van der Waals surface area contributed by atoms with Gasteiger partial charge in [-0.15, -0.1) is 11.3 Å². The van der Waals surface area contributed by atoms with E-state index in [1.807, 2.05) is 17.9 Å². The summed E-state index contributed by atoms with van der Waals surface area (Å²) < 4.78 is 3.22. The summed E-state index contributed by atoms with van der Waals surface area (Å²) in [6.07, 6.45) is 13.1. The van der Waals surface area contributed by atoms with Crippen LogP contribution in [0, 0.1) is 0 Å². The molecule has 1 aliphatic carbocycles. The molecule has 0 spiro atoms. The topological polar surface area (TPSA) is 57.6 Å². The van der Waals surface area contributed by atoms with Crippen molar-refractivity contribution in [3.63, 3.8) is 0 Å². The highest BCUT2D eigenvalue weighted by Crippen LogP contribution is 2.35. The highest BCUT2D eigenvalue weighted by molar-refractivity contribution is 7.17. The number of aromatic nitrogens is 1. The smallest absolute Gasteiger partial charge is 0.271 e. The van der Waals surface area contributed by atoms with Gasteiger partial charge in [0.05, 0.1) is 16.8 Å². The minimum Gasteiger partial charge on any atom is -0.351 e. The number of likely N-dealkylation sites (tertiary alicyclic amines) is 1. The van der Waals surface area contributed by atoms with Crippen LogP contribution in [0.2, 0.25) is 0 Å². The molecule has 1 atom stereocenters. The molecule has 2 amide bonds. The Morgan fingerprint density at radius 2 is 1.76 bits per heavy atom. The number of carbonyl (C=O) groups is 2. The summed E-state index contributed by atoms with van der Waals surface area (Å²) in [6, 6.07) is 4.32. The molecular weight excluding hydrogens is 444 g/mol. The van der Waals surface area contributed by atoms with E-state index in [0.717, 1.165) is 54.8 Å².